The van der Waals surface area contributed by atoms with Crippen molar-refractivity contribution in [1.82, 2.24) is 5.32 Å². The average molecular weight is 193 g/mol. The molecule has 2 aliphatic rings. The van der Waals surface area contributed by atoms with E-state index in [2.05, 4.69) is 5.32 Å². The lowest BCUT2D eigenvalue weighted by atomic mass is 9.88. The molecule has 0 radical (unpaired) electrons. The standard InChI is InChI=1S/C11H15NO2/c13-10-7-11(14)12-9(10)6-8-4-2-1-3-5-8/h6,8H,1-5,7H2,(H,12,14). The predicted octanol–water partition coefficient (Wildman–Crippen LogP) is 1.54. The number of hydrogen-bond donors (Lipinski definition) is 1. The van der Waals surface area contributed by atoms with Gasteiger partial charge in [-0.1, -0.05) is 25.3 Å². The maximum absolute atomic E-state index is 11.3. The minimum atomic E-state index is -0.156. The summed E-state index contributed by atoms with van der Waals surface area (Å²) in [4.78, 5) is 22.2. The van der Waals surface area contributed by atoms with Crippen molar-refractivity contribution in [3.05, 3.63) is 11.8 Å². The quantitative estimate of drug-likeness (QED) is 0.507. The molecule has 0 aromatic rings. The molecule has 1 heterocycles. The van der Waals surface area contributed by atoms with Crippen molar-refractivity contribution in [1.29, 1.82) is 0 Å². The van der Waals surface area contributed by atoms with Gasteiger partial charge in [-0.25, -0.2) is 0 Å². The Hall–Kier alpha value is -1.12. The minimum absolute atomic E-state index is 0.0402. The second kappa shape index (κ2) is 3.95. The molecule has 1 aliphatic carbocycles. The van der Waals surface area contributed by atoms with Crippen LogP contribution in [0.5, 0.6) is 0 Å². The zero-order chi connectivity index (χ0) is 9.97. The fourth-order valence-electron chi connectivity index (χ4n) is 2.18. The van der Waals surface area contributed by atoms with Crippen LogP contribution in [0.25, 0.3) is 0 Å². The van der Waals surface area contributed by atoms with Crippen molar-refractivity contribution in [3.8, 4) is 0 Å². The molecule has 1 amide bonds. The summed E-state index contributed by atoms with van der Waals surface area (Å²) in [7, 11) is 0. The molecule has 0 atom stereocenters. The first-order valence-electron chi connectivity index (χ1n) is 5.30. The van der Waals surface area contributed by atoms with E-state index in [0.717, 1.165) is 12.8 Å². The Kier molecular flexibility index (Phi) is 2.66. The van der Waals surface area contributed by atoms with Crippen LogP contribution in [-0.2, 0) is 9.59 Å². The molecule has 76 valence electrons. The van der Waals surface area contributed by atoms with Gasteiger partial charge in [0, 0.05) is 0 Å². The van der Waals surface area contributed by atoms with Gasteiger partial charge >= 0.3 is 0 Å². The molecule has 14 heavy (non-hydrogen) atoms. The van der Waals surface area contributed by atoms with E-state index in [9.17, 15) is 9.59 Å². The van der Waals surface area contributed by atoms with E-state index in [-0.39, 0.29) is 18.1 Å². The number of rotatable bonds is 1. The van der Waals surface area contributed by atoms with Crippen LogP contribution in [0, 0.1) is 5.92 Å². The monoisotopic (exact) mass is 193 g/mol. The number of allylic oxidation sites excluding steroid dienone is 2. The van der Waals surface area contributed by atoms with Crippen LogP contribution in [-0.4, -0.2) is 11.7 Å². The maximum Gasteiger partial charge on any atom is 0.232 e. The highest BCUT2D eigenvalue weighted by Gasteiger charge is 2.25. The molecule has 0 spiro atoms. The third-order valence-corrected chi connectivity index (χ3v) is 2.95. The molecule has 0 aromatic carbocycles. The van der Waals surface area contributed by atoms with Gasteiger partial charge < -0.3 is 5.32 Å². The summed E-state index contributed by atoms with van der Waals surface area (Å²) < 4.78 is 0. The fraction of sp³-hybridized carbons (Fsp3) is 0.636. The van der Waals surface area contributed by atoms with Gasteiger partial charge in [0.05, 0.1) is 12.1 Å². The molecule has 0 aromatic heterocycles. The molecule has 1 N–H and O–H groups in total. The smallest absolute Gasteiger partial charge is 0.232 e. The van der Waals surface area contributed by atoms with Crippen LogP contribution in [0.15, 0.2) is 11.8 Å². The van der Waals surface area contributed by atoms with Gasteiger partial charge in [0.15, 0.2) is 5.78 Å². The molecule has 1 saturated carbocycles. The van der Waals surface area contributed by atoms with E-state index < -0.39 is 0 Å². The normalized spacial score (nSPS) is 27.0. The van der Waals surface area contributed by atoms with Gasteiger partial charge in [0.1, 0.15) is 0 Å². The largest absolute Gasteiger partial charge is 0.323 e. The predicted molar refractivity (Wildman–Crippen MR) is 52.4 cm³/mol. The molecule has 1 saturated heterocycles. The van der Waals surface area contributed by atoms with Gasteiger partial charge in [-0.3, -0.25) is 9.59 Å². The number of nitrogens with one attached hydrogen (secondary N) is 1. The zero-order valence-electron chi connectivity index (χ0n) is 8.21. The highest BCUT2D eigenvalue weighted by atomic mass is 16.2. The lowest BCUT2D eigenvalue weighted by molar-refractivity contribution is -0.121. The SMILES string of the molecule is O=C1CC(=O)C(=CC2CCCCC2)N1. The van der Waals surface area contributed by atoms with Crippen molar-refractivity contribution >= 4 is 11.7 Å². The number of carbonyl (C=O) groups is 2. The van der Waals surface area contributed by atoms with Crippen LogP contribution in [0.4, 0.5) is 0 Å². The minimum Gasteiger partial charge on any atom is -0.323 e. The summed E-state index contributed by atoms with van der Waals surface area (Å²) in [5.41, 5.74) is 0.543. The van der Waals surface area contributed by atoms with Crippen LogP contribution < -0.4 is 5.32 Å². The average Bonchev–Trinajstić information content (AvgIpc) is 2.47. The summed E-state index contributed by atoms with van der Waals surface area (Å²) in [6.07, 6.45) is 8.12. The van der Waals surface area contributed by atoms with Crippen molar-refractivity contribution in [2.45, 2.75) is 38.5 Å². The Morgan fingerprint density at radius 3 is 2.43 bits per heavy atom. The van der Waals surface area contributed by atoms with E-state index >= 15 is 0 Å². The van der Waals surface area contributed by atoms with Gasteiger partial charge in [0.2, 0.25) is 5.91 Å². The molecular formula is C11H15NO2. The Bertz CT molecular complexity index is 288. The molecular weight excluding hydrogens is 178 g/mol. The number of Topliss-reactive ketones (excluding diaryl/α,β-unsaturated/α-hetero) is 1. The molecule has 0 bridgehead atoms. The highest BCUT2D eigenvalue weighted by Crippen LogP contribution is 2.26. The third-order valence-electron chi connectivity index (χ3n) is 2.95. The lowest BCUT2D eigenvalue weighted by Gasteiger charge is -2.18. The third kappa shape index (κ3) is 2.03. The Morgan fingerprint density at radius 2 is 1.86 bits per heavy atom. The molecule has 3 heteroatoms. The first kappa shape index (κ1) is 9.44. The van der Waals surface area contributed by atoms with Crippen molar-refractivity contribution < 1.29 is 9.59 Å². The second-order valence-electron chi connectivity index (χ2n) is 4.13. The fourth-order valence-corrected chi connectivity index (χ4v) is 2.18. The molecule has 0 unspecified atom stereocenters. The van der Waals surface area contributed by atoms with E-state index in [4.69, 9.17) is 0 Å². The van der Waals surface area contributed by atoms with Crippen molar-refractivity contribution in [3.63, 3.8) is 0 Å². The van der Waals surface area contributed by atoms with Crippen LogP contribution in [0.2, 0.25) is 0 Å². The molecule has 2 fully saturated rings. The summed E-state index contributed by atoms with van der Waals surface area (Å²) in [6, 6.07) is 0. The summed E-state index contributed by atoms with van der Waals surface area (Å²) in [5.74, 6) is 0.304. The van der Waals surface area contributed by atoms with E-state index in [0.29, 0.717) is 11.6 Å². The van der Waals surface area contributed by atoms with E-state index in [1.165, 1.54) is 19.3 Å². The molecule has 3 nitrogen and oxygen atoms in total. The van der Waals surface area contributed by atoms with Crippen molar-refractivity contribution in [2.24, 2.45) is 5.92 Å². The number of amides is 1. The number of ketones is 1. The summed E-state index contributed by atoms with van der Waals surface area (Å²) in [6.45, 7) is 0. The van der Waals surface area contributed by atoms with Gasteiger partial charge in [-0.2, -0.15) is 0 Å². The summed E-state index contributed by atoms with van der Waals surface area (Å²) in [5, 5.41) is 2.62. The first-order valence-corrected chi connectivity index (χ1v) is 5.30. The second-order valence-corrected chi connectivity index (χ2v) is 4.13. The maximum atomic E-state index is 11.3. The highest BCUT2D eigenvalue weighted by molar-refractivity contribution is 6.14. The number of hydrogen-bond acceptors (Lipinski definition) is 2. The van der Waals surface area contributed by atoms with Gasteiger partial charge in [0.25, 0.3) is 0 Å². The first-order chi connectivity index (χ1) is 6.75. The topological polar surface area (TPSA) is 46.2 Å². The van der Waals surface area contributed by atoms with Crippen LogP contribution in [0.3, 0.4) is 0 Å². The number of carbonyl (C=O) groups excluding carboxylic acids is 2. The molecule has 2 rings (SSSR count). The Labute approximate surface area is 83.6 Å². The van der Waals surface area contributed by atoms with Gasteiger partial charge in [-0.15, -0.1) is 0 Å². The summed E-state index contributed by atoms with van der Waals surface area (Å²) >= 11 is 0. The zero-order valence-corrected chi connectivity index (χ0v) is 8.21. The lowest BCUT2D eigenvalue weighted by Crippen LogP contribution is -2.14. The van der Waals surface area contributed by atoms with Crippen LogP contribution >= 0.6 is 0 Å². The van der Waals surface area contributed by atoms with Crippen LogP contribution in [0.1, 0.15) is 38.5 Å². The van der Waals surface area contributed by atoms with Gasteiger partial charge in [-0.05, 0) is 18.8 Å². The van der Waals surface area contributed by atoms with E-state index in [1.54, 1.807) is 0 Å². The van der Waals surface area contributed by atoms with E-state index in [1.807, 2.05) is 6.08 Å². The van der Waals surface area contributed by atoms with Crippen molar-refractivity contribution in [2.75, 3.05) is 0 Å². The Morgan fingerprint density at radius 1 is 1.14 bits per heavy atom. The molecule has 1 aliphatic heterocycles. The Balaban J connectivity index is 2.02.